The van der Waals surface area contributed by atoms with Crippen molar-refractivity contribution in [3.8, 4) is 0 Å². The van der Waals surface area contributed by atoms with Crippen LogP contribution >= 0.6 is 0 Å². The molecule has 100 valence electrons. The largest absolute Gasteiger partial charge is 0.444 e. The van der Waals surface area contributed by atoms with E-state index in [2.05, 4.69) is 10.4 Å². The second-order valence-electron chi connectivity index (χ2n) is 5.92. The second-order valence-corrected chi connectivity index (χ2v) is 5.92. The van der Waals surface area contributed by atoms with Crippen LogP contribution in [0.25, 0.3) is 0 Å². The fraction of sp³-hybridized carbons (Fsp3) is 0.692. The Morgan fingerprint density at radius 3 is 2.78 bits per heavy atom. The molecule has 0 unspecified atom stereocenters. The molecule has 1 saturated carbocycles. The summed E-state index contributed by atoms with van der Waals surface area (Å²) in [5, 5.41) is 6.93. The molecule has 0 aliphatic heterocycles. The molecule has 1 aliphatic carbocycles. The first-order chi connectivity index (χ1) is 8.33. The number of carbonyl (C=O) groups excluding carboxylic acids is 1. The van der Waals surface area contributed by atoms with Crippen molar-refractivity contribution in [2.45, 2.75) is 45.6 Å². The van der Waals surface area contributed by atoms with Crippen molar-refractivity contribution in [1.29, 1.82) is 0 Å². The molecule has 5 heteroatoms. The minimum Gasteiger partial charge on any atom is -0.444 e. The Bertz CT molecular complexity index is 442. The van der Waals surface area contributed by atoms with Crippen molar-refractivity contribution < 1.29 is 9.53 Å². The monoisotopic (exact) mass is 251 g/mol. The average Bonchev–Trinajstić information content (AvgIpc) is 2.90. The first-order valence-electron chi connectivity index (χ1n) is 6.36. The highest BCUT2D eigenvalue weighted by molar-refractivity contribution is 5.83. The number of rotatable bonds is 3. The van der Waals surface area contributed by atoms with Crippen LogP contribution in [-0.2, 0) is 18.2 Å². The van der Waals surface area contributed by atoms with Gasteiger partial charge < -0.3 is 4.74 Å². The summed E-state index contributed by atoms with van der Waals surface area (Å²) in [4.78, 5) is 11.6. The summed E-state index contributed by atoms with van der Waals surface area (Å²) in [6.07, 6.45) is 3.19. The summed E-state index contributed by atoms with van der Waals surface area (Å²) in [6, 6.07) is 1.92. The third kappa shape index (κ3) is 3.75. The molecule has 1 aromatic heterocycles. The zero-order valence-corrected chi connectivity index (χ0v) is 11.5. The van der Waals surface area contributed by atoms with Gasteiger partial charge in [-0.2, -0.15) is 5.10 Å². The van der Waals surface area contributed by atoms with Crippen LogP contribution in [0.15, 0.2) is 6.07 Å². The van der Waals surface area contributed by atoms with Crippen molar-refractivity contribution in [2.75, 3.05) is 5.32 Å². The molecule has 1 amide bonds. The minimum atomic E-state index is -0.490. The van der Waals surface area contributed by atoms with Gasteiger partial charge in [0.2, 0.25) is 0 Å². The van der Waals surface area contributed by atoms with Crippen molar-refractivity contribution in [3.63, 3.8) is 0 Å². The summed E-state index contributed by atoms with van der Waals surface area (Å²) in [5.74, 6) is 1.36. The van der Waals surface area contributed by atoms with Gasteiger partial charge >= 0.3 is 6.09 Å². The quantitative estimate of drug-likeness (QED) is 0.898. The molecule has 1 N–H and O–H groups in total. The van der Waals surface area contributed by atoms with E-state index in [1.807, 2.05) is 38.6 Å². The van der Waals surface area contributed by atoms with Crippen molar-refractivity contribution in [2.24, 2.45) is 13.0 Å². The number of hydrogen-bond donors (Lipinski definition) is 1. The molecule has 1 aliphatic rings. The maximum Gasteiger partial charge on any atom is 0.413 e. The predicted molar refractivity (Wildman–Crippen MR) is 69.5 cm³/mol. The molecule has 1 fully saturated rings. The highest BCUT2D eigenvalue weighted by Crippen LogP contribution is 2.32. The van der Waals surface area contributed by atoms with E-state index in [0.29, 0.717) is 5.82 Å². The number of carbonyl (C=O) groups is 1. The van der Waals surface area contributed by atoms with Gasteiger partial charge in [-0.25, -0.2) is 4.79 Å². The number of ether oxygens (including phenoxy) is 1. The van der Waals surface area contributed by atoms with Gasteiger partial charge in [-0.15, -0.1) is 0 Å². The zero-order chi connectivity index (χ0) is 13.3. The molecule has 0 saturated heterocycles. The summed E-state index contributed by atoms with van der Waals surface area (Å²) >= 11 is 0. The number of anilines is 1. The highest BCUT2D eigenvalue weighted by atomic mass is 16.6. The van der Waals surface area contributed by atoms with Gasteiger partial charge in [-0.1, -0.05) is 0 Å². The normalized spacial score (nSPS) is 15.6. The molecule has 1 heterocycles. The lowest BCUT2D eigenvalue weighted by Crippen LogP contribution is -2.27. The lowest BCUT2D eigenvalue weighted by atomic mass is 10.2. The summed E-state index contributed by atoms with van der Waals surface area (Å²) in [7, 11) is 1.90. The maximum atomic E-state index is 11.6. The second kappa shape index (κ2) is 4.63. The number of aryl methyl sites for hydroxylation is 1. The van der Waals surface area contributed by atoms with Crippen LogP contribution < -0.4 is 5.32 Å². The molecule has 18 heavy (non-hydrogen) atoms. The van der Waals surface area contributed by atoms with Gasteiger partial charge in [0, 0.05) is 18.8 Å². The van der Waals surface area contributed by atoms with Gasteiger partial charge in [-0.05, 0) is 46.0 Å². The summed E-state index contributed by atoms with van der Waals surface area (Å²) in [6.45, 7) is 5.51. The van der Waals surface area contributed by atoms with Crippen LogP contribution in [0.3, 0.4) is 0 Å². The number of amides is 1. The Morgan fingerprint density at radius 1 is 1.56 bits per heavy atom. The van der Waals surface area contributed by atoms with Crippen LogP contribution in [0.5, 0.6) is 0 Å². The van der Waals surface area contributed by atoms with Gasteiger partial charge in [0.15, 0.2) is 5.82 Å². The Balaban J connectivity index is 1.94. The van der Waals surface area contributed by atoms with Gasteiger partial charge in [-0.3, -0.25) is 10.00 Å². The van der Waals surface area contributed by atoms with E-state index in [9.17, 15) is 4.79 Å². The number of aromatic nitrogens is 2. The Kier molecular flexibility index (Phi) is 3.32. The number of nitrogens with zero attached hydrogens (tertiary/aromatic N) is 2. The first kappa shape index (κ1) is 12.9. The van der Waals surface area contributed by atoms with E-state index >= 15 is 0 Å². The Hall–Kier alpha value is -1.52. The lowest BCUT2D eigenvalue weighted by Gasteiger charge is -2.18. The van der Waals surface area contributed by atoms with E-state index < -0.39 is 11.7 Å². The van der Waals surface area contributed by atoms with Crippen LogP contribution in [0.1, 0.15) is 39.3 Å². The maximum absolute atomic E-state index is 11.6. The van der Waals surface area contributed by atoms with Crippen LogP contribution in [0.4, 0.5) is 10.6 Å². The number of nitrogens with one attached hydrogen (secondary N) is 1. The Morgan fingerprint density at radius 2 is 2.22 bits per heavy atom. The fourth-order valence-corrected chi connectivity index (χ4v) is 1.78. The third-order valence-corrected chi connectivity index (χ3v) is 2.80. The molecular formula is C13H21N3O2. The summed E-state index contributed by atoms with van der Waals surface area (Å²) in [5.41, 5.74) is 0.666. The molecule has 2 rings (SSSR count). The molecular weight excluding hydrogens is 230 g/mol. The standard InChI is InChI=1S/C13H21N3O2/c1-13(2,3)18-12(17)14-11-8-10(16(4)15-11)7-9-5-6-9/h8-9H,5-7H2,1-4H3,(H,14,15,17). The Labute approximate surface area is 108 Å². The van der Waals surface area contributed by atoms with E-state index in [1.165, 1.54) is 12.8 Å². The van der Waals surface area contributed by atoms with Crippen LogP contribution in [0, 0.1) is 5.92 Å². The minimum absolute atomic E-state index is 0.460. The van der Waals surface area contributed by atoms with Crippen LogP contribution in [-0.4, -0.2) is 21.5 Å². The van der Waals surface area contributed by atoms with Gasteiger partial charge in [0.1, 0.15) is 5.60 Å². The molecule has 0 atom stereocenters. The lowest BCUT2D eigenvalue weighted by molar-refractivity contribution is 0.0635. The van der Waals surface area contributed by atoms with Crippen molar-refractivity contribution >= 4 is 11.9 Å². The van der Waals surface area contributed by atoms with Crippen molar-refractivity contribution in [1.82, 2.24) is 9.78 Å². The highest BCUT2D eigenvalue weighted by Gasteiger charge is 2.24. The van der Waals surface area contributed by atoms with E-state index in [0.717, 1.165) is 18.0 Å². The predicted octanol–water partition coefficient (Wildman–Crippen LogP) is 2.72. The SMILES string of the molecule is Cn1nc(NC(=O)OC(C)(C)C)cc1CC1CC1. The van der Waals surface area contributed by atoms with E-state index in [-0.39, 0.29) is 0 Å². The molecule has 0 bridgehead atoms. The topological polar surface area (TPSA) is 56.2 Å². The van der Waals surface area contributed by atoms with E-state index in [4.69, 9.17) is 4.74 Å². The van der Waals surface area contributed by atoms with Gasteiger partial charge in [0.05, 0.1) is 0 Å². The smallest absolute Gasteiger partial charge is 0.413 e. The van der Waals surface area contributed by atoms with E-state index in [1.54, 1.807) is 0 Å². The molecule has 0 radical (unpaired) electrons. The average molecular weight is 251 g/mol. The summed E-state index contributed by atoms with van der Waals surface area (Å²) < 4.78 is 7.01. The van der Waals surface area contributed by atoms with Gasteiger partial charge in [0.25, 0.3) is 0 Å². The molecule has 0 aromatic carbocycles. The van der Waals surface area contributed by atoms with Crippen molar-refractivity contribution in [3.05, 3.63) is 11.8 Å². The first-order valence-corrected chi connectivity index (χ1v) is 6.36. The molecule has 0 spiro atoms. The van der Waals surface area contributed by atoms with Crippen LogP contribution in [0.2, 0.25) is 0 Å². The fourth-order valence-electron chi connectivity index (χ4n) is 1.78. The third-order valence-electron chi connectivity index (χ3n) is 2.80. The zero-order valence-electron chi connectivity index (χ0n) is 11.5. The molecule has 5 nitrogen and oxygen atoms in total. The number of hydrogen-bond acceptors (Lipinski definition) is 3. The molecule has 1 aromatic rings.